The first-order valence-corrected chi connectivity index (χ1v) is 5.70. The van der Waals surface area contributed by atoms with Crippen molar-refractivity contribution in [3.63, 3.8) is 0 Å². The fourth-order valence-corrected chi connectivity index (χ4v) is 1.94. The van der Waals surface area contributed by atoms with Gasteiger partial charge in [-0.15, -0.1) is 0 Å². The Morgan fingerprint density at radius 1 is 1.12 bits per heavy atom. The lowest BCUT2D eigenvalue weighted by Gasteiger charge is -2.03. The molecule has 1 aliphatic heterocycles. The Hall–Kier alpha value is -2.03. The molecular weight excluding hydrogens is 214 g/mol. The van der Waals surface area contributed by atoms with Crippen molar-refractivity contribution < 1.29 is 9.15 Å². The van der Waals surface area contributed by atoms with Gasteiger partial charge in [0.25, 0.3) is 5.90 Å². The molecule has 0 fully saturated rings. The Morgan fingerprint density at radius 2 is 2.00 bits per heavy atom. The van der Waals surface area contributed by atoms with E-state index in [2.05, 4.69) is 17.1 Å². The Balaban J connectivity index is 1.71. The SMILES string of the molecule is c1ccc(C[C@@H]2COC(c3ccco3)=N2)cc1. The van der Waals surface area contributed by atoms with Gasteiger partial charge >= 0.3 is 0 Å². The lowest BCUT2D eigenvalue weighted by molar-refractivity contribution is 0.310. The summed E-state index contributed by atoms with van der Waals surface area (Å²) in [6.45, 7) is 0.630. The highest BCUT2D eigenvalue weighted by Crippen LogP contribution is 2.15. The van der Waals surface area contributed by atoms with Crippen molar-refractivity contribution in [1.29, 1.82) is 0 Å². The van der Waals surface area contributed by atoms with Crippen LogP contribution in [0.3, 0.4) is 0 Å². The molecule has 1 atom stereocenters. The van der Waals surface area contributed by atoms with E-state index >= 15 is 0 Å². The zero-order valence-electron chi connectivity index (χ0n) is 9.37. The molecule has 17 heavy (non-hydrogen) atoms. The Morgan fingerprint density at radius 3 is 2.76 bits per heavy atom. The minimum atomic E-state index is 0.192. The van der Waals surface area contributed by atoms with Crippen LogP contribution in [0.5, 0.6) is 0 Å². The standard InChI is InChI=1S/C14H13NO2/c1-2-5-11(6-3-1)9-12-10-17-14(15-12)13-7-4-8-16-13/h1-8,12H,9-10H2/t12-/m1/s1. The molecule has 0 radical (unpaired) electrons. The quantitative estimate of drug-likeness (QED) is 0.808. The van der Waals surface area contributed by atoms with Gasteiger partial charge < -0.3 is 9.15 Å². The van der Waals surface area contributed by atoms with E-state index in [-0.39, 0.29) is 6.04 Å². The summed E-state index contributed by atoms with van der Waals surface area (Å²) in [5, 5.41) is 0. The highest BCUT2D eigenvalue weighted by molar-refractivity contribution is 5.92. The summed E-state index contributed by atoms with van der Waals surface area (Å²) in [6.07, 6.45) is 2.54. The molecule has 1 aliphatic rings. The van der Waals surface area contributed by atoms with E-state index in [0.29, 0.717) is 18.3 Å². The highest BCUT2D eigenvalue weighted by Gasteiger charge is 2.21. The monoisotopic (exact) mass is 227 g/mol. The molecule has 0 saturated carbocycles. The van der Waals surface area contributed by atoms with E-state index in [1.165, 1.54) is 5.56 Å². The average Bonchev–Trinajstić information content (AvgIpc) is 3.00. The van der Waals surface area contributed by atoms with Crippen molar-refractivity contribution in [1.82, 2.24) is 0 Å². The van der Waals surface area contributed by atoms with Crippen LogP contribution in [0.4, 0.5) is 0 Å². The topological polar surface area (TPSA) is 34.7 Å². The summed E-state index contributed by atoms with van der Waals surface area (Å²) in [7, 11) is 0. The van der Waals surface area contributed by atoms with E-state index < -0.39 is 0 Å². The maximum absolute atomic E-state index is 5.54. The van der Waals surface area contributed by atoms with Gasteiger partial charge in [-0.2, -0.15) is 0 Å². The third kappa shape index (κ3) is 2.23. The maximum atomic E-state index is 5.54. The van der Waals surface area contributed by atoms with Gasteiger partial charge in [-0.3, -0.25) is 0 Å². The smallest absolute Gasteiger partial charge is 0.253 e. The van der Waals surface area contributed by atoms with Gasteiger partial charge in [0.2, 0.25) is 0 Å². The minimum Gasteiger partial charge on any atom is -0.473 e. The van der Waals surface area contributed by atoms with Crippen molar-refractivity contribution >= 4 is 5.90 Å². The number of aliphatic imine (C=N–C) groups is 1. The molecular formula is C14H13NO2. The summed E-state index contributed by atoms with van der Waals surface area (Å²) in [6, 6.07) is 14.2. The second-order valence-corrected chi connectivity index (χ2v) is 4.07. The molecule has 2 aromatic rings. The second-order valence-electron chi connectivity index (χ2n) is 4.07. The molecule has 1 aromatic heterocycles. The lowest BCUT2D eigenvalue weighted by Crippen LogP contribution is -2.09. The second kappa shape index (κ2) is 4.45. The van der Waals surface area contributed by atoms with Crippen LogP contribution in [0.15, 0.2) is 58.1 Å². The molecule has 0 amide bonds. The van der Waals surface area contributed by atoms with Crippen LogP contribution < -0.4 is 0 Å². The first-order valence-electron chi connectivity index (χ1n) is 5.70. The van der Waals surface area contributed by atoms with Gasteiger partial charge in [-0.05, 0) is 24.1 Å². The first-order chi connectivity index (χ1) is 8.42. The molecule has 1 aromatic carbocycles. The van der Waals surface area contributed by atoms with Crippen LogP contribution in [0.1, 0.15) is 11.3 Å². The summed E-state index contributed by atoms with van der Waals surface area (Å²) >= 11 is 0. The van der Waals surface area contributed by atoms with Gasteiger partial charge in [0.05, 0.1) is 12.3 Å². The lowest BCUT2D eigenvalue weighted by atomic mass is 10.1. The molecule has 3 heteroatoms. The van der Waals surface area contributed by atoms with Crippen LogP contribution >= 0.6 is 0 Å². The molecule has 86 valence electrons. The summed E-state index contributed by atoms with van der Waals surface area (Å²) in [5.74, 6) is 1.33. The van der Waals surface area contributed by atoms with Crippen molar-refractivity contribution in [2.45, 2.75) is 12.5 Å². The molecule has 0 aliphatic carbocycles. The summed E-state index contributed by atoms with van der Waals surface area (Å²) < 4.78 is 10.8. The zero-order chi connectivity index (χ0) is 11.5. The van der Waals surface area contributed by atoms with Crippen LogP contribution in [0.2, 0.25) is 0 Å². The molecule has 0 saturated heterocycles. The van der Waals surface area contributed by atoms with E-state index in [4.69, 9.17) is 9.15 Å². The van der Waals surface area contributed by atoms with Crippen LogP contribution in [0, 0.1) is 0 Å². The minimum absolute atomic E-state index is 0.192. The number of hydrogen-bond donors (Lipinski definition) is 0. The van der Waals surface area contributed by atoms with E-state index in [9.17, 15) is 0 Å². The van der Waals surface area contributed by atoms with Crippen molar-refractivity contribution in [2.75, 3.05) is 6.61 Å². The van der Waals surface area contributed by atoms with Gasteiger partial charge in [-0.25, -0.2) is 4.99 Å². The first kappa shape index (κ1) is 10.1. The van der Waals surface area contributed by atoms with Gasteiger partial charge in [-0.1, -0.05) is 30.3 Å². The molecule has 0 spiro atoms. The summed E-state index contributed by atoms with van der Waals surface area (Å²) in [4.78, 5) is 4.53. The predicted octanol–water partition coefficient (Wildman–Crippen LogP) is 2.67. The van der Waals surface area contributed by atoms with Crippen molar-refractivity contribution in [2.24, 2.45) is 4.99 Å². The van der Waals surface area contributed by atoms with Crippen molar-refractivity contribution in [3.05, 3.63) is 60.1 Å². The molecule has 2 heterocycles. The van der Waals surface area contributed by atoms with Gasteiger partial charge in [0, 0.05) is 0 Å². The molecule has 0 bridgehead atoms. The fraction of sp³-hybridized carbons (Fsp3) is 0.214. The van der Waals surface area contributed by atoms with E-state index in [1.807, 2.05) is 30.3 Å². The van der Waals surface area contributed by atoms with Crippen LogP contribution in [-0.4, -0.2) is 18.5 Å². The fourth-order valence-electron chi connectivity index (χ4n) is 1.94. The predicted molar refractivity (Wildman–Crippen MR) is 65.1 cm³/mol. The van der Waals surface area contributed by atoms with Crippen LogP contribution in [0.25, 0.3) is 0 Å². The molecule has 0 N–H and O–H groups in total. The van der Waals surface area contributed by atoms with Crippen LogP contribution in [-0.2, 0) is 11.2 Å². The zero-order valence-corrected chi connectivity index (χ0v) is 9.37. The Bertz CT molecular complexity index is 502. The normalized spacial score (nSPS) is 18.8. The van der Waals surface area contributed by atoms with E-state index in [1.54, 1.807) is 6.26 Å². The average molecular weight is 227 g/mol. The Kier molecular flexibility index (Phi) is 2.66. The number of furan rings is 1. The third-order valence-corrected chi connectivity index (χ3v) is 2.76. The third-order valence-electron chi connectivity index (χ3n) is 2.76. The van der Waals surface area contributed by atoms with E-state index in [0.717, 1.165) is 6.42 Å². The molecule has 0 unspecified atom stereocenters. The van der Waals surface area contributed by atoms with Gasteiger partial charge in [0.1, 0.15) is 6.61 Å². The number of rotatable bonds is 3. The number of hydrogen-bond acceptors (Lipinski definition) is 3. The van der Waals surface area contributed by atoms with Crippen molar-refractivity contribution in [3.8, 4) is 0 Å². The number of benzene rings is 1. The Labute approximate surface area is 99.7 Å². The molecule has 3 nitrogen and oxygen atoms in total. The largest absolute Gasteiger partial charge is 0.473 e. The number of ether oxygens (including phenoxy) is 1. The number of nitrogens with zero attached hydrogens (tertiary/aromatic N) is 1. The molecule has 3 rings (SSSR count). The highest BCUT2D eigenvalue weighted by atomic mass is 16.5. The summed E-state index contributed by atoms with van der Waals surface area (Å²) in [5.41, 5.74) is 1.28. The maximum Gasteiger partial charge on any atom is 0.253 e. The van der Waals surface area contributed by atoms with Gasteiger partial charge in [0.15, 0.2) is 5.76 Å².